The minimum atomic E-state index is -3.17. The van der Waals surface area contributed by atoms with Crippen molar-refractivity contribution in [1.82, 2.24) is 8.61 Å². The molecule has 100 valence electrons. The first kappa shape index (κ1) is 13.3. The van der Waals surface area contributed by atoms with E-state index in [0.717, 1.165) is 25.7 Å². The maximum atomic E-state index is 12.5. The molecule has 0 aromatic carbocycles. The Kier molecular flexibility index (Phi) is 4.44. The van der Waals surface area contributed by atoms with Crippen LogP contribution in [-0.2, 0) is 10.2 Å². The molecule has 2 saturated heterocycles. The summed E-state index contributed by atoms with van der Waals surface area (Å²) in [7, 11) is -3.17. The molecule has 2 aliphatic heterocycles. The van der Waals surface area contributed by atoms with Crippen LogP contribution in [0.2, 0.25) is 0 Å². The van der Waals surface area contributed by atoms with Gasteiger partial charge in [-0.25, -0.2) is 0 Å². The lowest BCUT2D eigenvalue weighted by molar-refractivity contribution is 0.265. The third kappa shape index (κ3) is 3.20. The Balaban J connectivity index is 2.01. The topological polar surface area (TPSA) is 40.6 Å². The molecule has 4 nitrogen and oxygen atoms in total. The van der Waals surface area contributed by atoms with Crippen LogP contribution in [0.15, 0.2) is 0 Å². The zero-order valence-electron chi connectivity index (χ0n) is 10.8. The fraction of sp³-hybridized carbons (Fsp3) is 1.00. The molecule has 5 heteroatoms. The average Bonchev–Trinajstić information content (AvgIpc) is 2.58. The van der Waals surface area contributed by atoms with Crippen LogP contribution in [0.5, 0.6) is 0 Å². The van der Waals surface area contributed by atoms with Gasteiger partial charge in [-0.15, -0.1) is 0 Å². The van der Waals surface area contributed by atoms with Gasteiger partial charge in [-0.1, -0.05) is 19.8 Å². The minimum absolute atomic E-state index is 0.672. The maximum absolute atomic E-state index is 12.5. The fourth-order valence-electron chi connectivity index (χ4n) is 2.65. The molecular formula is C12H24N2O2S. The quantitative estimate of drug-likeness (QED) is 0.760. The highest BCUT2D eigenvalue weighted by Crippen LogP contribution is 2.22. The molecule has 2 aliphatic rings. The van der Waals surface area contributed by atoms with Crippen molar-refractivity contribution in [2.24, 2.45) is 5.92 Å². The van der Waals surface area contributed by atoms with E-state index in [-0.39, 0.29) is 0 Å². The van der Waals surface area contributed by atoms with Gasteiger partial charge >= 0.3 is 0 Å². The van der Waals surface area contributed by atoms with Crippen LogP contribution in [0.1, 0.15) is 45.4 Å². The van der Waals surface area contributed by atoms with Crippen LogP contribution >= 0.6 is 0 Å². The third-order valence-electron chi connectivity index (χ3n) is 3.96. The Hall–Kier alpha value is -0.130. The van der Waals surface area contributed by atoms with E-state index < -0.39 is 10.2 Å². The van der Waals surface area contributed by atoms with Gasteiger partial charge in [0.2, 0.25) is 0 Å². The van der Waals surface area contributed by atoms with Gasteiger partial charge in [0, 0.05) is 26.2 Å². The van der Waals surface area contributed by atoms with Gasteiger partial charge in [-0.05, 0) is 31.6 Å². The molecule has 2 rings (SSSR count). The monoisotopic (exact) mass is 260 g/mol. The predicted molar refractivity (Wildman–Crippen MR) is 68.9 cm³/mol. The molecule has 0 bridgehead atoms. The second kappa shape index (κ2) is 5.67. The number of rotatable bonds is 2. The summed E-state index contributed by atoms with van der Waals surface area (Å²) in [5.74, 6) is 0.672. The van der Waals surface area contributed by atoms with Gasteiger partial charge in [-0.3, -0.25) is 0 Å². The number of nitrogens with zero attached hydrogens (tertiary/aromatic N) is 2. The standard InChI is InChI=1S/C12H24N2O2S/c1-12-6-10-14(11-7-12)17(15,16)13-8-4-2-3-5-9-13/h12H,2-11H2,1H3. The van der Waals surface area contributed by atoms with Crippen LogP contribution in [0.3, 0.4) is 0 Å². The highest BCUT2D eigenvalue weighted by atomic mass is 32.2. The minimum Gasteiger partial charge on any atom is -0.195 e. The summed E-state index contributed by atoms with van der Waals surface area (Å²) in [5, 5.41) is 0. The Morgan fingerprint density at radius 1 is 0.824 bits per heavy atom. The first-order valence-corrected chi connectivity index (χ1v) is 8.25. The molecule has 17 heavy (non-hydrogen) atoms. The number of hydrogen-bond acceptors (Lipinski definition) is 2. The molecule has 0 aliphatic carbocycles. The fourth-order valence-corrected chi connectivity index (χ4v) is 4.37. The lowest BCUT2D eigenvalue weighted by Crippen LogP contribution is -2.47. The van der Waals surface area contributed by atoms with Gasteiger partial charge in [0.15, 0.2) is 0 Å². The van der Waals surface area contributed by atoms with E-state index in [1.807, 2.05) is 0 Å². The van der Waals surface area contributed by atoms with Crippen LogP contribution in [-0.4, -0.2) is 43.2 Å². The molecule has 0 atom stereocenters. The van der Waals surface area contributed by atoms with Crippen molar-refractivity contribution in [3.8, 4) is 0 Å². The molecule has 0 unspecified atom stereocenters. The second-order valence-corrected chi connectivity index (χ2v) is 7.33. The maximum Gasteiger partial charge on any atom is 0.281 e. The molecule has 0 N–H and O–H groups in total. The summed E-state index contributed by atoms with van der Waals surface area (Å²) in [5.41, 5.74) is 0. The Morgan fingerprint density at radius 2 is 1.29 bits per heavy atom. The normalized spacial score (nSPS) is 26.9. The SMILES string of the molecule is CC1CCN(S(=O)(=O)N2CCCCCC2)CC1. The van der Waals surface area contributed by atoms with E-state index in [4.69, 9.17) is 0 Å². The second-order valence-electron chi connectivity index (χ2n) is 5.40. The lowest BCUT2D eigenvalue weighted by Gasteiger charge is -2.33. The smallest absolute Gasteiger partial charge is 0.195 e. The summed E-state index contributed by atoms with van der Waals surface area (Å²) >= 11 is 0. The Bertz CT molecular complexity index is 326. The highest BCUT2D eigenvalue weighted by Gasteiger charge is 2.31. The van der Waals surface area contributed by atoms with Gasteiger partial charge in [-0.2, -0.15) is 17.0 Å². The van der Waals surface area contributed by atoms with Crippen molar-refractivity contribution < 1.29 is 8.42 Å². The van der Waals surface area contributed by atoms with Crippen molar-refractivity contribution in [2.45, 2.75) is 45.4 Å². The van der Waals surface area contributed by atoms with Gasteiger partial charge < -0.3 is 0 Å². The molecule has 2 fully saturated rings. The molecule has 0 radical (unpaired) electrons. The van der Waals surface area contributed by atoms with Crippen molar-refractivity contribution in [2.75, 3.05) is 26.2 Å². The molecule has 0 aromatic rings. The molecule has 0 saturated carbocycles. The van der Waals surface area contributed by atoms with Crippen LogP contribution in [0, 0.1) is 5.92 Å². The van der Waals surface area contributed by atoms with Crippen molar-refractivity contribution in [3.05, 3.63) is 0 Å². The number of hydrogen-bond donors (Lipinski definition) is 0. The molecule has 0 aromatic heterocycles. The summed E-state index contributed by atoms with van der Waals surface area (Å²) in [4.78, 5) is 0. The van der Waals surface area contributed by atoms with Crippen molar-refractivity contribution >= 4 is 10.2 Å². The third-order valence-corrected chi connectivity index (χ3v) is 6.00. The van der Waals surface area contributed by atoms with Crippen LogP contribution in [0.25, 0.3) is 0 Å². The number of piperidine rings is 1. The average molecular weight is 260 g/mol. The zero-order valence-corrected chi connectivity index (χ0v) is 11.6. The van der Waals surface area contributed by atoms with Crippen LogP contribution in [0.4, 0.5) is 0 Å². The van der Waals surface area contributed by atoms with E-state index >= 15 is 0 Å². The van der Waals surface area contributed by atoms with Crippen molar-refractivity contribution in [3.63, 3.8) is 0 Å². The predicted octanol–water partition coefficient (Wildman–Crippen LogP) is 1.84. The summed E-state index contributed by atoms with van der Waals surface area (Å²) in [6, 6.07) is 0. The molecule has 0 spiro atoms. The lowest BCUT2D eigenvalue weighted by atomic mass is 10.0. The summed E-state index contributed by atoms with van der Waals surface area (Å²) in [6.07, 6.45) is 6.39. The molecular weight excluding hydrogens is 236 g/mol. The highest BCUT2D eigenvalue weighted by molar-refractivity contribution is 7.86. The summed E-state index contributed by atoms with van der Waals surface area (Å²) in [6.45, 7) is 5.05. The molecule has 0 amide bonds. The first-order chi connectivity index (χ1) is 8.10. The van der Waals surface area contributed by atoms with E-state index in [0.29, 0.717) is 32.1 Å². The molecule has 2 heterocycles. The van der Waals surface area contributed by atoms with E-state index in [1.54, 1.807) is 8.61 Å². The first-order valence-electron chi connectivity index (χ1n) is 6.86. The van der Waals surface area contributed by atoms with Gasteiger partial charge in [0.05, 0.1) is 0 Å². The summed E-state index contributed by atoms with van der Waals surface area (Å²) < 4.78 is 28.3. The van der Waals surface area contributed by atoms with Gasteiger partial charge in [0.1, 0.15) is 0 Å². The van der Waals surface area contributed by atoms with Crippen molar-refractivity contribution in [1.29, 1.82) is 0 Å². The zero-order chi connectivity index (χ0) is 12.3. The van der Waals surface area contributed by atoms with E-state index in [2.05, 4.69) is 6.92 Å². The largest absolute Gasteiger partial charge is 0.281 e. The van der Waals surface area contributed by atoms with Crippen LogP contribution < -0.4 is 0 Å². The van der Waals surface area contributed by atoms with E-state index in [1.165, 1.54) is 12.8 Å². The Labute approximate surface area is 105 Å². The van der Waals surface area contributed by atoms with E-state index in [9.17, 15) is 8.42 Å². The van der Waals surface area contributed by atoms with Gasteiger partial charge in [0.25, 0.3) is 10.2 Å². The Morgan fingerprint density at radius 3 is 1.82 bits per heavy atom.